The number of carbonyl (C=O) groups excluding carboxylic acids is 1. The molecule has 50 valence electrons. The standard InChI is InChI=1S/C4H7N3O2/c1-2-9-4(8)3-6-7-5/h2-3H2,1H3/i3+2. The molecule has 9 heavy (non-hydrogen) atoms. The average Bonchev–Trinajstić information content (AvgIpc) is 1.85. The Hall–Kier alpha value is -1.22. The molecule has 0 saturated heterocycles. The van der Waals surface area contributed by atoms with E-state index in [-0.39, 0.29) is 6.54 Å². The summed E-state index contributed by atoms with van der Waals surface area (Å²) in [6.07, 6.45) is 0. The first-order valence-corrected chi connectivity index (χ1v) is 2.47. The van der Waals surface area contributed by atoms with Gasteiger partial charge in [0.15, 0.2) is 0 Å². The maximum absolute atomic E-state index is 10.3. The molecule has 0 bridgehead atoms. The smallest absolute Gasteiger partial charge is 0.311 e. The molecular weight excluding hydrogens is 124 g/mol. The van der Waals surface area contributed by atoms with E-state index in [1.165, 1.54) is 0 Å². The Kier molecular flexibility index (Phi) is 4.26. The first kappa shape index (κ1) is 7.78. The fraction of sp³-hybridized carbons (Fsp3) is 0.750. The number of esters is 1. The number of nitrogens with zero attached hydrogens (tertiary/aromatic N) is 3. The molecule has 0 atom stereocenters. The van der Waals surface area contributed by atoms with E-state index in [1.807, 2.05) is 0 Å². The van der Waals surface area contributed by atoms with Gasteiger partial charge in [-0.25, -0.2) is 0 Å². The van der Waals surface area contributed by atoms with Crippen LogP contribution in [0.15, 0.2) is 5.11 Å². The highest BCUT2D eigenvalue weighted by Gasteiger charge is 1.95. The van der Waals surface area contributed by atoms with E-state index in [4.69, 9.17) is 5.53 Å². The van der Waals surface area contributed by atoms with Crippen LogP contribution in [0, 0.1) is 0 Å². The second kappa shape index (κ2) is 4.93. The van der Waals surface area contributed by atoms with Gasteiger partial charge in [-0.3, -0.25) is 4.79 Å². The van der Waals surface area contributed by atoms with Crippen molar-refractivity contribution in [3.05, 3.63) is 10.4 Å². The van der Waals surface area contributed by atoms with Gasteiger partial charge in [0.1, 0.15) is 6.54 Å². The molecule has 0 aromatic rings. The summed E-state index contributed by atoms with van der Waals surface area (Å²) in [6.45, 7) is 1.79. The Morgan fingerprint density at radius 2 is 2.67 bits per heavy atom. The van der Waals surface area contributed by atoms with Crippen molar-refractivity contribution >= 4 is 5.97 Å². The lowest BCUT2D eigenvalue weighted by molar-refractivity contribution is -0.141. The number of azide groups is 1. The van der Waals surface area contributed by atoms with Crippen LogP contribution in [0.5, 0.6) is 0 Å². The summed E-state index contributed by atoms with van der Waals surface area (Å²) in [7, 11) is 0. The molecule has 0 spiro atoms. The molecule has 0 fully saturated rings. The second-order valence-electron chi connectivity index (χ2n) is 1.19. The SMILES string of the molecule is CCOC(=O)[14CH2]N=[N+]=[N-]. The highest BCUT2D eigenvalue weighted by molar-refractivity contribution is 5.71. The van der Waals surface area contributed by atoms with Gasteiger partial charge in [-0.05, 0) is 12.5 Å². The van der Waals surface area contributed by atoms with Crippen molar-refractivity contribution in [2.45, 2.75) is 6.92 Å². The molecule has 0 saturated carbocycles. The molecule has 5 nitrogen and oxygen atoms in total. The van der Waals surface area contributed by atoms with Crippen molar-refractivity contribution in [1.82, 2.24) is 0 Å². The van der Waals surface area contributed by atoms with Crippen LogP contribution in [-0.4, -0.2) is 19.1 Å². The highest BCUT2D eigenvalue weighted by atomic mass is 16.5. The van der Waals surface area contributed by atoms with E-state index in [1.54, 1.807) is 6.92 Å². The summed E-state index contributed by atoms with van der Waals surface area (Å²) < 4.78 is 4.44. The molecule has 0 aliphatic carbocycles. The van der Waals surface area contributed by atoms with Gasteiger partial charge >= 0.3 is 5.97 Å². The minimum atomic E-state index is -0.490. The molecule has 0 radical (unpaired) electrons. The minimum absolute atomic E-state index is 0.218. The third kappa shape index (κ3) is 4.64. The lowest BCUT2D eigenvalue weighted by Gasteiger charge is -1.94. The molecule has 0 N–H and O–H groups in total. The predicted octanol–water partition coefficient (Wildman–Crippen LogP) is 0.860. The normalized spacial score (nSPS) is 7.67. The zero-order valence-electron chi connectivity index (χ0n) is 5.07. The second-order valence-corrected chi connectivity index (χ2v) is 1.19. The van der Waals surface area contributed by atoms with Crippen LogP contribution in [0.3, 0.4) is 0 Å². The lowest BCUT2D eigenvalue weighted by atomic mass is 10.9. The van der Waals surface area contributed by atoms with Crippen molar-refractivity contribution in [3.8, 4) is 0 Å². The van der Waals surface area contributed by atoms with Gasteiger partial charge in [-0.2, -0.15) is 0 Å². The van der Waals surface area contributed by atoms with Crippen LogP contribution in [0.2, 0.25) is 0 Å². The van der Waals surface area contributed by atoms with E-state index in [2.05, 4.69) is 14.8 Å². The van der Waals surface area contributed by atoms with E-state index in [0.29, 0.717) is 6.61 Å². The maximum atomic E-state index is 10.3. The topological polar surface area (TPSA) is 75.1 Å². The van der Waals surface area contributed by atoms with Gasteiger partial charge in [-0.15, -0.1) is 0 Å². The summed E-state index contributed by atoms with van der Waals surface area (Å²) in [4.78, 5) is 12.7. The Labute approximate surface area is 52.2 Å². The summed E-state index contributed by atoms with van der Waals surface area (Å²) in [5, 5.41) is 3.00. The Balaban J connectivity index is 3.38. The molecule has 0 unspecified atom stereocenters. The van der Waals surface area contributed by atoms with E-state index in [0.717, 1.165) is 0 Å². The molecule has 0 heterocycles. The zero-order valence-corrected chi connectivity index (χ0v) is 5.07. The zero-order chi connectivity index (χ0) is 7.11. The van der Waals surface area contributed by atoms with Crippen molar-refractivity contribution in [2.24, 2.45) is 5.11 Å². The summed E-state index contributed by atoms with van der Waals surface area (Å²) >= 11 is 0. The molecule has 0 aliphatic rings. The van der Waals surface area contributed by atoms with Crippen LogP contribution in [0.4, 0.5) is 0 Å². The molecule has 0 amide bonds. The summed E-state index contributed by atoms with van der Waals surface area (Å²) in [6, 6.07) is 0. The van der Waals surface area contributed by atoms with Crippen LogP contribution >= 0.6 is 0 Å². The molecule has 0 aromatic heterocycles. The van der Waals surface area contributed by atoms with Gasteiger partial charge in [0, 0.05) is 4.91 Å². The number of rotatable bonds is 3. The third-order valence-corrected chi connectivity index (χ3v) is 0.568. The number of hydrogen-bond donors (Lipinski definition) is 0. The van der Waals surface area contributed by atoms with Crippen molar-refractivity contribution in [3.63, 3.8) is 0 Å². The maximum Gasteiger partial charge on any atom is 0.311 e. The monoisotopic (exact) mass is 131 g/mol. The quantitative estimate of drug-likeness (QED) is 0.246. The molecule has 0 aliphatic heterocycles. The Morgan fingerprint density at radius 3 is 3.11 bits per heavy atom. The summed E-state index contributed by atoms with van der Waals surface area (Å²) in [5.74, 6) is -0.490. The van der Waals surface area contributed by atoms with Gasteiger partial charge in [0.2, 0.25) is 0 Å². The minimum Gasteiger partial charge on any atom is -0.466 e. The Bertz CT molecular complexity index is 139. The van der Waals surface area contributed by atoms with E-state index >= 15 is 0 Å². The van der Waals surface area contributed by atoms with Crippen LogP contribution in [0.1, 0.15) is 6.92 Å². The van der Waals surface area contributed by atoms with Crippen LogP contribution in [0.25, 0.3) is 10.4 Å². The molecular formula is C4H7N3O2. The molecule has 5 heteroatoms. The molecule has 0 rings (SSSR count). The first-order chi connectivity index (χ1) is 4.31. The van der Waals surface area contributed by atoms with Gasteiger partial charge in [0.25, 0.3) is 0 Å². The fourth-order valence-corrected chi connectivity index (χ4v) is 0.296. The van der Waals surface area contributed by atoms with Crippen LogP contribution < -0.4 is 0 Å². The molecule has 0 aromatic carbocycles. The first-order valence-electron chi connectivity index (χ1n) is 2.47. The van der Waals surface area contributed by atoms with Crippen molar-refractivity contribution in [1.29, 1.82) is 0 Å². The van der Waals surface area contributed by atoms with E-state index in [9.17, 15) is 4.79 Å². The van der Waals surface area contributed by atoms with Gasteiger partial charge in [0.05, 0.1) is 6.61 Å². The highest BCUT2D eigenvalue weighted by Crippen LogP contribution is 1.78. The third-order valence-electron chi connectivity index (χ3n) is 0.568. The fourth-order valence-electron chi connectivity index (χ4n) is 0.296. The van der Waals surface area contributed by atoms with Crippen LogP contribution in [-0.2, 0) is 9.53 Å². The number of ether oxygens (including phenoxy) is 1. The van der Waals surface area contributed by atoms with E-state index < -0.39 is 5.97 Å². The predicted molar refractivity (Wildman–Crippen MR) is 30.6 cm³/mol. The largest absolute Gasteiger partial charge is 0.466 e. The van der Waals surface area contributed by atoms with Crippen molar-refractivity contribution < 1.29 is 9.53 Å². The van der Waals surface area contributed by atoms with Gasteiger partial charge < -0.3 is 4.74 Å². The van der Waals surface area contributed by atoms with Crippen molar-refractivity contribution in [2.75, 3.05) is 13.2 Å². The number of carbonyl (C=O) groups is 1. The Morgan fingerprint density at radius 1 is 2.00 bits per heavy atom. The number of hydrogen-bond acceptors (Lipinski definition) is 3. The lowest BCUT2D eigenvalue weighted by Crippen LogP contribution is -2.06. The average molecular weight is 131 g/mol. The van der Waals surface area contributed by atoms with Gasteiger partial charge in [-0.1, -0.05) is 5.11 Å². The summed E-state index contributed by atoms with van der Waals surface area (Å²) in [5.41, 5.74) is 7.73.